The third-order valence-electron chi connectivity index (χ3n) is 3.92. The van der Waals surface area contributed by atoms with Gasteiger partial charge in [0.1, 0.15) is 0 Å². The van der Waals surface area contributed by atoms with Gasteiger partial charge in [-0.2, -0.15) is 11.8 Å². The van der Waals surface area contributed by atoms with Crippen molar-refractivity contribution in [3.8, 4) is 0 Å². The van der Waals surface area contributed by atoms with Crippen molar-refractivity contribution in [1.82, 2.24) is 0 Å². The summed E-state index contributed by atoms with van der Waals surface area (Å²) >= 11 is 2.05. The second kappa shape index (κ2) is 5.06. The molecule has 0 amide bonds. The van der Waals surface area contributed by atoms with E-state index in [2.05, 4.69) is 63.1 Å². The summed E-state index contributed by atoms with van der Waals surface area (Å²) in [5, 5.41) is 0.832. The molecule has 94 valence electrons. The minimum Gasteiger partial charge on any atom is -0.161 e. The molecular formula is C16H24S. The van der Waals surface area contributed by atoms with E-state index >= 15 is 0 Å². The van der Waals surface area contributed by atoms with Crippen LogP contribution >= 0.6 is 11.8 Å². The summed E-state index contributed by atoms with van der Waals surface area (Å²) in [4.78, 5) is 0. The fourth-order valence-electron chi connectivity index (χ4n) is 3.07. The Morgan fingerprint density at radius 3 is 2.47 bits per heavy atom. The van der Waals surface area contributed by atoms with Crippen LogP contribution in [-0.4, -0.2) is 11.5 Å². The number of rotatable bonds is 2. The summed E-state index contributed by atoms with van der Waals surface area (Å²) in [6, 6.07) is 9.08. The Hall–Kier alpha value is -0.430. The molecule has 2 unspecified atom stereocenters. The second-order valence-corrected chi connectivity index (χ2v) is 7.23. The average Bonchev–Trinajstić information content (AvgIpc) is 2.75. The molecule has 0 saturated heterocycles. The molecule has 1 fully saturated rings. The lowest BCUT2D eigenvalue weighted by Gasteiger charge is -2.28. The van der Waals surface area contributed by atoms with E-state index in [1.54, 1.807) is 11.1 Å². The molecule has 0 aliphatic heterocycles. The van der Waals surface area contributed by atoms with Crippen molar-refractivity contribution in [2.24, 2.45) is 0 Å². The van der Waals surface area contributed by atoms with E-state index in [1.165, 1.54) is 19.3 Å². The second-order valence-electron chi connectivity index (χ2n) is 6.15. The molecule has 1 heteroatoms. The number of hydrogen-bond acceptors (Lipinski definition) is 1. The molecule has 1 aromatic carbocycles. The zero-order valence-electron chi connectivity index (χ0n) is 11.5. The Bertz CT molecular complexity index is 375. The summed E-state index contributed by atoms with van der Waals surface area (Å²) < 4.78 is 0. The van der Waals surface area contributed by atoms with Crippen LogP contribution in [0.1, 0.15) is 57.1 Å². The summed E-state index contributed by atoms with van der Waals surface area (Å²) in [6.07, 6.45) is 6.43. The Labute approximate surface area is 110 Å². The maximum absolute atomic E-state index is 2.36. The Balaban J connectivity index is 2.38. The van der Waals surface area contributed by atoms with Gasteiger partial charge in [0.05, 0.1) is 0 Å². The first-order chi connectivity index (χ1) is 8.04. The number of hydrogen-bond donors (Lipinski definition) is 0. The van der Waals surface area contributed by atoms with Crippen LogP contribution in [0.25, 0.3) is 0 Å². The Morgan fingerprint density at radius 1 is 1.12 bits per heavy atom. The van der Waals surface area contributed by atoms with E-state index in [-0.39, 0.29) is 5.41 Å². The fourth-order valence-corrected chi connectivity index (χ4v) is 4.08. The molecule has 1 aliphatic carbocycles. The van der Waals surface area contributed by atoms with E-state index in [1.807, 2.05) is 0 Å². The summed E-state index contributed by atoms with van der Waals surface area (Å²) in [6.45, 7) is 6.98. The van der Waals surface area contributed by atoms with Gasteiger partial charge < -0.3 is 0 Å². The molecule has 0 aromatic heterocycles. The lowest BCUT2D eigenvalue weighted by atomic mass is 9.79. The molecule has 0 N–H and O–H groups in total. The summed E-state index contributed by atoms with van der Waals surface area (Å²) in [5.41, 5.74) is 3.42. The molecular weight excluding hydrogens is 224 g/mol. The molecule has 0 spiro atoms. The van der Waals surface area contributed by atoms with Crippen LogP contribution in [0.5, 0.6) is 0 Å². The molecule has 0 bridgehead atoms. The lowest BCUT2D eigenvalue weighted by Crippen LogP contribution is -2.18. The third-order valence-corrected chi connectivity index (χ3v) is 5.09. The van der Waals surface area contributed by atoms with E-state index in [0.29, 0.717) is 0 Å². The van der Waals surface area contributed by atoms with Crippen molar-refractivity contribution in [3.05, 3.63) is 35.4 Å². The van der Waals surface area contributed by atoms with Crippen molar-refractivity contribution in [1.29, 1.82) is 0 Å². The first kappa shape index (κ1) is 13.0. The largest absolute Gasteiger partial charge is 0.161 e. The Kier molecular flexibility index (Phi) is 3.87. The number of benzene rings is 1. The van der Waals surface area contributed by atoms with Crippen molar-refractivity contribution in [2.75, 3.05) is 6.26 Å². The zero-order chi connectivity index (χ0) is 12.5. The predicted octanol–water partition coefficient (Wildman–Crippen LogP) is 4.98. The average molecular weight is 248 g/mol. The van der Waals surface area contributed by atoms with Crippen molar-refractivity contribution in [3.63, 3.8) is 0 Å². The van der Waals surface area contributed by atoms with Gasteiger partial charge in [-0.05, 0) is 41.6 Å². The topological polar surface area (TPSA) is 0 Å². The lowest BCUT2D eigenvalue weighted by molar-refractivity contribution is 0.570. The fraction of sp³-hybridized carbons (Fsp3) is 0.625. The van der Waals surface area contributed by atoms with Crippen LogP contribution in [0, 0.1) is 0 Å². The van der Waals surface area contributed by atoms with Gasteiger partial charge in [-0.1, -0.05) is 51.5 Å². The van der Waals surface area contributed by atoms with Crippen molar-refractivity contribution in [2.45, 2.75) is 56.6 Å². The Morgan fingerprint density at radius 2 is 1.82 bits per heavy atom. The SMILES string of the molecule is CSC1CCCC1c1ccccc1C(C)(C)C. The van der Waals surface area contributed by atoms with E-state index < -0.39 is 0 Å². The molecule has 17 heavy (non-hydrogen) atoms. The molecule has 2 atom stereocenters. The third kappa shape index (κ3) is 2.70. The summed E-state index contributed by atoms with van der Waals surface area (Å²) in [7, 11) is 0. The normalized spacial score (nSPS) is 25.2. The van der Waals surface area contributed by atoms with Crippen LogP contribution in [0.15, 0.2) is 24.3 Å². The van der Waals surface area contributed by atoms with Gasteiger partial charge in [0.2, 0.25) is 0 Å². The van der Waals surface area contributed by atoms with Crippen LogP contribution in [0.2, 0.25) is 0 Å². The smallest absolute Gasteiger partial charge is 0.0113 e. The van der Waals surface area contributed by atoms with E-state index in [4.69, 9.17) is 0 Å². The maximum atomic E-state index is 2.36. The quantitative estimate of drug-likeness (QED) is 0.711. The highest BCUT2D eigenvalue weighted by Crippen LogP contribution is 2.43. The zero-order valence-corrected chi connectivity index (χ0v) is 12.3. The van der Waals surface area contributed by atoms with Gasteiger partial charge in [0, 0.05) is 5.25 Å². The van der Waals surface area contributed by atoms with Gasteiger partial charge in [-0.15, -0.1) is 0 Å². The van der Waals surface area contributed by atoms with Gasteiger partial charge in [-0.25, -0.2) is 0 Å². The molecule has 2 rings (SSSR count). The molecule has 0 nitrogen and oxygen atoms in total. The van der Waals surface area contributed by atoms with Gasteiger partial charge >= 0.3 is 0 Å². The first-order valence-corrected chi connectivity index (χ1v) is 7.95. The van der Waals surface area contributed by atoms with Crippen molar-refractivity contribution >= 4 is 11.8 Å². The predicted molar refractivity (Wildman–Crippen MR) is 79.0 cm³/mol. The van der Waals surface area contributed by atoms with Crippen LogP contribution in [0.4, 0.5) is 0 Å². The van der Waals surface area contributed by atoms with Crippen LogP contribution in [-0.2, 0) is 5.41 Å². The van der Waals surface area contributed by atoms with Gasteiger partial charge in [-0.3, -0.25) is 0 Å². The van der Waals surface area contributed by atoms with E-state index in [9.17, 15) is 0 Å². The first-order valence-electron chi connectivity index (χ1n) is 6.66. The standard InChI is InChI=1S/C16H24S/c1-16(2,3)14-10-6-5-8-12(14)13-9-7-11-15(13)17-4/h5-6,8,10,13,15H,7,9,11H2,1-4H3. The molecule has 1 aromatic rings. The highest BCUT2D eigenvalue weighted by Gasteiger charge is 2.31. The van der Waals surface area contributed by atoms with Crippen LogP contribution in [0.3, 0.4) is 0 Å². The molecule has 1 saturated carbocycles. The van der Waals surface area contributed by atoms with Crippen LogP contribution < -0.4 is 0 Å². The molecule has 0 radical (unpaired) electrons. The van der Waals surface area contributed by atoms with Gasteiger partial charge in [0.25, 0.3) is 0 Å². The summed E-state index contributed by atoms with van der Waals surface area (Å²) in [5.74, 6) is 0.778. The van der Waals surface area contributed by atoms with Gasteiger partial charge in [0.15, 0.2) is 0 Å². The monoisotopic (exact) mass is 248 g/mol. The minimum atomic E-state index is 0.266. The van der Waals surface area contributed by atoms with Crippen molar-refractivity contribution < 1.29 is 0 Å². The maximum Gasteiger partial charge on any atom is 0.0113 e. The number of thioether (sulfide) groups is 1. The minimum absolute atomic E-state index is 0.266. The molecule has 1 aliphatic rings. The highest BCUT2D eigenvalue weighted by molar-refractivity contribution is 7.99. The molecule has 0 heterocycles. The highest BCUT2D eigenvalue weighted by atomic mass is 32.2. The van der Waals surface area contributed by atoms with E-state index in [0.717, 1.165) is 11.2 Å².